The van der Waals surface area contributed by atoms with Crippen LogP contribution in [0.5, 0.6) is 0 Å². The highest BCUT2D eigenvalue weighted by molar-refractivity contribution is 5.27. The van der Waals surface area contributed by atoms with Gasteiger partial charge in [0, 0.05) is 0 Å². The van der Waals surface area contributed by atoms with Gasteiger partial charge in [-0.1, -0.05) is 19.8 Å². The molecule has 0 radical (unpaired) electrons. The maximum Gasteiger partial charge on any atom is 0.288 e. The quantitative estimate of drug-likeness (QED) is 0.414. The summed E-state index contributed by atoms with van der Waals surface area (Å²) in [6.07, 6.45) is -1.90. The first kappa shape index (κ1) is 19.5. The van der Waals surface area contributed by atoms with Crippen molar-refractivity contribution in [2.24, 2.45) is 11.8 Å². The molecular weight excluding hydrogens is 361 g/mol. The fraction of sp³-hybridized carbons (Fsp3) is 0.684. The lowest BCUT2D eigenvalue weighted by Gasteiger charge is -2.34. The summed E-state index contributed by atoms with van der Waals surface area (Å²) in [4.78, 5) is 0. The molecule has 2 saturated carbocycles. The minimum atomic E-state index is -4.14. The Morgan fingerprint density at radius 3 is 2.23 bits per heavy atom. The zero-order valence-corrected chi connectivity index (χ0v) is 14.4. The van der Waals surface area contributed by atoms with Crippen LogP contribution in [-0.4, -0.2) is 17.8 Å². The van der Waals surface area contributed by atoms with Crippen molar-refractivity contribution < 1.29 is 30.7 Å². The number of rotatable bonds is 3. The molecular formula is C19H21F7. The molecule has 2 aliphatic carbocycles. The SMILES string of the molecule is CCCC1CC2CCC(c3cc(F)c(F)c(F)c3)C(F)(F)C(F)C2(F)C1. The number of benzene rings is 1. The molecule has 0 nitrogen and oxygen atoms in total. The van der Waals surface area contributed by atoms with Gasteiger partial charge in [-0.05, 0) is 55.2 Å². The van der Waals surface area contributed by atoms with Gasteiger partial charge in [0.25, 0.3) is 5.92 Å². The molecule has 5 unspecified atom stereocenters. The van der Waals surface area contributed by atoms with E-state index in [9.17, 15) is 26.3 Å². The van der Waals surface area contributed by atoms with E-state index in [4.69, 9.17) is 0 Å². The molecule has 1 aromatic rings. The third-order valence-corrected chi connectivity index (χ3v) is 6.03. The predicted octanol–water partition coefficient (Wildman–Crippen LogP) is 6.49. The third-order valence-electron chi connectivity index (χ3n) is 6.03. The zero-order valence-electron chi connectivity index (χ0n) is 14.4. The molecule has 0 bridgehead atoms. The summed E-state index contributed by atoms with van der Waals surface area (Å²) in [5.41, 5.74) is -3.18. The van der Waals surface area contributed by atoms with Crippen LogP contribution in [0.4, 0.5) is 30.7 Å². The minimum absolute atomic E-state index is 0.00198. The van der Waals surface area contributed by atoms with E-state index in [1.807, 2.05) is 6.92 Å². The molecule has 146 valence electrons. The monoisotopic (exact) mass is 382 g/mol. The third kappa shape index (κ3) is 3.01. The Morgan fingerprint density at radius 2 is 1.65 bits per heavy atom. The smallest absolute Gasteiger partial charge is 0.240 e. The van der Waals surface area contributed by atoms with Crippen molar-refractivity contribution in [3.63, 3.8) is 0 Å². The van der Waals surface area contributed by atoms with E-state index < -0.39 is 52.6 Å². The van der Waals surface area contributed by atoms with Crippen molar-refractivity contribution in [1.29, 1.82) is 0 Å². The summed E-state index contributed by atoms with van der Waals surface area (Å²) in [6, 6.07) is 0.908. The van der Waals surface area contributed by atoms with Crippen LogP contribution in [0.3, 0.4) is 0 Å². The summed E-state index contributed by atoms with van der Waals surface area (Å²) in [5, 5.41) is 0. The molecule has 0 aliphatic heterocycles. The Bertz CT molecular complexity index is 651. The van der Waals surface area contributed by atoms with Gasteiger partial charge in [0.15, 0.2) is 29.3 Å². The normalized spacial score (nSPS) is 36.6. The first-order valence-corrected chi connectivity index (χ1v) is 8.96. The minimum Gasteiger partial charge on any atom is -0.240 e. The number of halogens is 7. The first-order chi connectivity index (χ1) is 12.1. The van der Waals surface area contributed by atoms with Crippen LogP contribution >= 0.6 is 0 Å². The molecule has 7 heteroatoms. The second-order valence-corrected chi connectivity index (χ2v) is 7.68. The van der Waals surface area contributed by atoms with E-state index in [0.717, 1.165) is 6.42 Å². The van der Waals surface area contributed by atoms with E-state index in [0.29, 0.717) is 25.0 Å². The van der Waals surface area contributed by atoms with Gasteiger partial charge in [0.05, 0.1) is 5.92 Å². The lowest BCUT2D eigenvalue weighted by atomic mass is 9.83. The zero-order chi connectivity index (χ0) is 19.3. The van der Waals surface area contributed by atoms with Crippen LogP contribution in [0.15, 0.2) is 12.1 Å². The topological polar surface area (TPSA) is 0 Å². The average molecular weight is 382 g/mol. The molecule has 0 saturated heterocycles. The van der Waals surface area contributed by atoms with Crippen LogP contribution in [-0.2, 0) is 0 Å². The van der Waals surface area contributed by atoms with Gasteiger partial charge >= 0.3 is 0 Å². The summed E-state index contributed by atoms with van der Waals surface area (Å²) in [5.74, 6) is -12.0. The Kier molecular flexibility index (Phi) is 5.03. The van der Waals surface area contributed by atoms with Gasteiger partial charge in [-0.2, -0.15) is 0 Å². The Morgan fingerprint density at radius 1 is 1.04 bits per heavy atom. The maximum absolute atomic E-state index is 15.3. The van der Waals surface area contributed by atoms with E-state index in [2.05, 4.69) is 0 Å². The molecule has 0 amide bonds. The predicted molar refractivity (Wildman–Crippen MR) is 83.1 cm³/mol. The summed E-state index contributed by atoms with van der Waals surface area (Å²) in [6.45, 7) is 1.90. The standard InChI is InChI=1S/C19H21F7/c1-2-3-10-6-12-4-5-13(11-7-14(20)16(22)15(21)8-11)19(25,26)17(23)18(12,24)9-10/h7-8,10,12-13,17H,2-6,9H2,1H3. The number of alkyl halides is 4. The molecule has 0 N–H and O–H groups in total. The van der Waals surface area contributed by atoms with Gasteiger partial charge in [0.1, 0.15) is 0 Å². The summed E-state index contributed by atoms with van der Waals surface area (Å²) >= 11 is 0. The highest BCUT2D eigenvalue weighted by Gasteiger charge is 2.65. The molecule has 0 heterocycles. The van der Waals surface area contributed by atoms with Crippen LogP contribution in [0.25, 0.3) is 0 Å². The van der Waals surface area contributed by atoms with E-state index in [1.54, 1.807) is 0 Å². The second-order valence-electron chi connectivity index (χ2n) is 7.68. The average Bonchev–Trinajstić information content (AvgIpc) is 2.85. The van der Waals surface area contributed by atoms with Crippen molar-refractivity contribution in [2.45, 2.75) is 69.1 Å². The van der Waals surface area contributed by atoms with Crippen LogP contribution in [0.2, 0.25) is 0 Å². The molecule has 0 aromatic heterocycles. The molecule has 2 aliphatic rings. The largest absolute Gasteiger partial charge is 0.288 e. The lowest BCUT2D eigenvalue weighted by Crippen LogP contribution is -2.49. The highest BCUT2D eigenvalue weighted by Crippen LogP contribution is 2.58. The fourth-order valence-corrected chi connectivity index (χ4v) is 4.81. The van der Waals surface area contributed by atoms with E-state index in [-0.39, 0.29) is 25.2 Å². The number of hydrogen-bond acceptors (Lipinski definition) is 0. The summed E-state index contributed by atoms with van der Waals surface area (Å²) < 4.78 is 99.8. The van der Waals surface area contributed by atoms with Gasteiger partial charge < -0.3 is 0 Å². The molecule has 1 aromatic carbocycles. The molecule has 2 fully saturated rings. The number of fused-ring (bicyclic) bond motifs is 1. The maximum atomic E-state index is 15.3. The van der Waals surface area contributed by atoms with E-state index >= 15 is 4.39 Å². The Hall–Kier alpha value is -1.27. The Balaban J connectivity index is 1.96. The van der Waals surface area contributed by atoms with Crippen LogP contribution in [0.1, 0.15) is 56.9 Å². The first-order valence-electron chi connectivity index (χ1n) is 8.96. The van der Waals surface area contributed by atoms with Crippen molar-refractivity contribution in [3.8, 4) is 0 Å². The van der Waals surface area contributed by atoms with Gasteiger partial charge in [-0.3, -0.25) is 0 Å². The Labute approximate surface area is 147 Å². The number of hydrogen-bond donors (Lipinski definition) is 0. The van der Waals surface area contributed by atoms with Crippen molar-refractivity contribution in [3.05, 3.63) is 35.1 Å². The van der Waals surface area contributed by atoms with Gasteiger partial charge in [-0.25, -0.2) is 30.7 Å². The molecule has 5 atom stereocenters. The molecule has 0 spiro atoms. The highest BCUT2D eigenvalue weighted by atomic mass is 19.3. The van der Waals surface area contributed by atoms with E-state index in [1.165, 1.54) is 0 Å². The van der Waals surface area contributed by atoms with Crippen molar-refractivity contribution in [2.75, 3.05) is 0 Å². The molecule has 26 heavy (non-hydrogen) atoms. The van der Waals surface area contributed by atoms with Crippen LogP contribution in [0, 0.1) is 29.3 Å². The van der Waals surface area contributed by atoms with Crippen molar-refractivity contribution >= 4 is 0 Å². The van der Waals surface area contributed by atoms with Gasteiger partial charge in [0.2, 0.25) is 0 Å². The second kappa shape index (κ2) is 6.71. The van der Waals surface area contributed by atoms with Gasteiger partial charge in [-0.15, -0.1) is 0 Å². The van der Waals surface area contributed by atoms with Crippen molar-refractivity contribution in [1.82, 2.24) is 0 Å². The van der Waals surface area contributed by atoms with Crippen LogP contribution < -0.4 is 0 Å². The summed E-state index contributed by atoms with van der Waals surface area (Å²) in [7, 11) is 0. The fourth-order valence-electron chi connectivity index (χ4n) is 4.81. The lowest BCUT2D eigenvalue weighted by molar-refractivity contribution is -0.147. The molecule has 3 rings (SSSR count).